The maximum Gasteiger partial charge on any atom is 0.225 e. The van der Waals surface area contributed by atoms with Crippen molar-refractivity contribution in [1.29, 1.82) is 0 Å². The second kappa shape index (κ2) is 10.4. The molecule has 0 bridgehead atoms. The number of piperidine rings is 2. The van der Waals surface area contributed by atoms with Crippen LogP contribution in [0.4, 0.5) is 13.2 Å². The van der Waals surface area contributed by atoms with Gasteiger partial charge in [-0.25, -0.2) is 13.2 Å². The fourth-order valence-corrected chi connectivity index (χ4v) is 4.32. The molecule has 164 valence electrons. The summed E-state index contributed by atoms with van der Waals surface area (Å²) in [4.78, 5) is 17.9. The van der Waals surface area contributed by atoms with Gasteiger partial charge in [0.15, 0.2) is 17.4 Å². The standard InChI is InChI=1S/C22H27F3N2O2S/c1-2-3-18(30)14-26-8-4-15(5-9-26)22(28)27-10-6-17(7-11-27)29-21-19(24)12-16(23)13-20(21)25/h2-3,12-13,15,17,30H,1,4-11,14H2/b18-3-. The average molecular weight is 441 g/mol. The van der Waals surface area contributed by atoms with Crippen molar-refractivity contribution < 1.29 is 22.7 Å². The lowest BCUT2D eigenvalue weighted by atomic mass is 9.94. The van der Waals surface area contributed by atoms with Gasteiger partial charge in [-0.1, -0.05) is 18.7 Å². The normalized spacial score (nSPS) is 19.7. The van der Waals surface area contributed by atoms with E-state index in [1.807, 2.05) is 11.0 Å². The van der Waals surface area contributed by atoms with Crippen LogP contribution in [-0.4, -0.2) is 54.5 Å². The first-order valence-corrected chi connectivity index (χ1v) is 10.6. The van der Waals surface area contributed by atoms with Crippen LogP contribution in [0.2, 0.25) is 0 Å². The summed E-state index contributed by atoms with van der Waals surface area (Å²) < 4.78 is 46.0. The van der Waals surface area contributed by atoms with Gasteiger partial charge in [0.05, 0.1) is 0 Å². The number of hydrogen-bond acceptors (Lipinski definition) is 4. The molecule has 30 heavy (non-hydrogen) atoms. The van der Waals surface area contributed by atoms with Gasteiger partial charge >= 0.3 is 0 Å². The van der Waals surface area contributed by atoms with Crippen molar-refractivity contribution in [1.82, 2.24) is 9.80 Å². The largest absolute Gasteiger partial charge is 0.484 e. The van der Waals surface area contributed by atoms with Gasteiger partial charge in [0, 0.05) is 50.5 Å². The molecule has 0 N–H and O–H groups in total. The number of nitrogens with zero attached hydrogens (tertiary/aromatic N) is 2. The highest BCUT2D eigenvalue weighted by atomic mass is 32.1. The van der Waals surface area contributed by atoms with Crippen molar-refractivity contribution in [3.63, 3.8) is 0 Å². The molecule has 0 saturated carbocycles. The molecular formula is C22H27F3N2O2S. The molecule has 8 heteroatoms. The fourth-order valence-electron chi connectivity index (χ4n) is 4.02. The third kappa shape index (κ3) is 5.82. The van der Waals surface area contributed by atoms with Gasteiger partial charge in [-0.15, -0.1) is 12.6 Å². The van der Waals surface area contributed by atoms with Crippen LogP contribution in [0, 0.1) is 23.4 Å². The van der Waals surface area contributed by atoms with Crippen LogP contribution in [-0.2, 0) is 4.79 Å². The highest BCUT2D eigenvalue weighted by Gasteiger charge is 2.32. The van der Waals surface area contributed by atoms with E-state index in [0.29, 0.717) is 38.1 Å². The number of thiol groups is 1. The highest BCUT2D eigenvalue weighted by molar-refractivity contribution is 7.84. The quantitative estimate of drug-likeness (QED) is 0.532. The number of rotatable bonds is 6. The average Bonchev–Trinajstić information content (AvgIpc) is 2.71. The zero-order chi connectivity index (χ0) is 21.7. The minimum atomic E-state index is -1.05. The molecule has 4 nitrogen and oxygen atoms in total. The number of amides is 1. The first kappa shape index (κ1) is 22.7. The van der Waals surface area contributed by atoms with Gasteiger partial charge in [-0.3, -0.25) is 9.69 Å². The molecule has 1 aromatic carbocycles. The van der Waals surface area contributed by atoms with E-state index in [9.17, 15) is 18.0 Å². The lowest BCUT2D eigenvalue weighted by Crippen LogP contribution is -2.47. The van der Waals surface area contributed by atoms with Crippen LogP contribution in [0.3, 0.4) is 0 Å². The molecule has 1 aromatic rings. The van der Waals surface area contributed by atoms with Gasteiger partial charge in [0.1, 0.15) is 11.9 Å². The summed E-state index contributed by atoms with van der Waals surface area (Å²) in [6.07, 6.45) is 5.75. The van der Waals surface area contributed by atoms with E-state index in [1.54, 1.807) is 6.08 Å². The van der Waals surface area contributed by atoms with E-state index >= 15 is 0 Å². The van der Waals surface area contributed by atoms with Crippen molar-refractivity contribution in [3.05, 3.63) is 53.2 Å². The molecule has 0 aromatic heterocycles. The number of carbonyl (C=O) groups is 1. The van der Waals surface area contributed by atoms with Gasteiger partial charge in [-0.2, -0.15) is 0 Å². The van der Waals surface area contributed by atoms with E-state index in [2.05, 4.69) is 24.1 Å². The first-order chi connectivity index (χ1) is 14.4. The maximum atomic E-state index is 13.8. The number of carbonyl (C=O) groups excluding carboxylic acids is 1. The topological polar surface area (TPSA) is 32.8 Å². The highest BCUT2D eigenvalue weighted by Crippen LogP contribution is 2.28. The van der Waals surface area contributed by atoms with Crippen molar-refractivity contribution in [3.8, 4) is 5.75 Å². The fraction of sp³-hybridized carbons (Fsp3) is 0.500. The minimum Gasteiger partial charge on any atom is -0.484 e. The predicted molar refractivity (Wildman–Crippen MR) is 113 cm³/mol. The monoisotopic (exact) mass is 440 g/mol. The summed E-state index contributed by atoms with van der Waals surface area (Å²) in [5.74, 6) is -3.50. The number of likely N-dealkylation sites (tertiary alicyclic amines) is 2. The van der Waals surface area contributed by atoms with Crippen molar-refractivity contribution in [2.45, 2.75) is 31.8 Å². The summed E-state index contributed by atoms with van der Waals surface area (Å²) in [7, 11) is 0. The Kier molecular flexibility index (Phi) is 7.88. The molecule has 0 aliphatic carbocycles. The van der Waals surface area contributed by atoms with E-state index in [1.165, 1.54) is 0 Å². The summed E-state index contributed by atoms with van der Waals surface area (Å²) in [5, 5.41) is 0. The van der Waals surface area contributed by atoms with Crippen LogP contribution in [0.5, 0.6) is 5.75 Å². The molecule has 0 atom stereocenters. The third-order valence-electron chi connectivity index (χ3n) is 5.63. The zero-order valence-corrected chi connectivity index (χ0v) is 17.7. The lowest BCUT2D eigenvalue weighted by molar-refractivity contribution is -0.138. The molecule has 0 unspecified atom stereocenters. The van der Waals surface area contributed by atoms with Crippen molar-refractivity contribution in [2.24, 2.45) is 5.92 Å². The van der Waals surface area contributed by atoms with Crippen LogP contribution >= 0.6 is 12.6 Å². The van der Waals surface area contributed by atoms with Crippen LogP contribution in [0.25, 0.3) is 0 Å². The molecular weight excluding hydrogens is 413 g/mol. The van der Waals surface area contributed by atoms with Gasteiger partial charge in [0.25, 0.3) is 0 Å². The molecule has 0 spiro atoms. The van der Waals surface area contributed by atoms with Crippen LogP contribution in [0.15, 0.2) is 35.8 Å². The van der Waals surface area contributed by atoms with Gasteiger partial charge in [0.2, 0.25) is 5.91 Å². The lowest BCUT2D eigenvalue weighted by Gasteiger charge is -2.37. The number of halogens is 3. The first-order valence-electron chi connectivity index (χ1n) is 10.2. The number of benzene rings is 1. The third-order valence-corrected chi connectivity index (χ3v) is 5.92. The van der Waals surface area contributed by atoms with E-state index in [4.69, 9.17) is 4.74 Å². The van der Waals surface area contributed by atoms with Gasteiger partial charge in [-0.05, 0) is 30.8 Å². The van der Waals surface area contributed by atoms with Gasteiger partial charge < -0.3 is 9.64 Å². The minimum absolute atomic E-state index is 0.00235. The zero-order valence-electron chi connectivity index (χ0n) is 16.8. The number of allylic oxidation sites excluding steroid dienone is 2. The van der Waals surface area contributed by atoms with Crippen LogP contribution in [0.1, 0.15) is 25.7 Å². The Bertz CT molecular complexity index is 779. The van der Waals surface area contributed by atoms with Crippen molar-refractivity contribution in [2.75, 3.05) is 32.7 Å². The van der Waals surface area contributed by atoms with E-state index in [-0.39, 0.29) is 11.8 Å². The summed E-state index contributed by atoms with van der Waals surface area (Å²) in [5.41, 5.74) is 0. The second-order valence-corrected chi connectivity index (χ2v) is 8.36. The summed E-state index contributed by atoms with van der Waals surface area (Å²) in [6.45, 7) is 7.07. The maximum absolute atomic E-state index is 13.8. The molecule has 1 amide bonds. The van der Waals surface area contributed by atoms with Crippen LogP contribution < -0.4 is 4.74 Å². The molecule has 0 radical (unpaired) electrons. The molecule has 2 heterocycles. The van der Waals surface area contributed by atoms with Crippen molar-refractivity contribution >= 4 is 18.5 Å². The van der Waals surface area contributed by atoms with E-state index < -0.39 is 29.3 Å². The summed E-state index contributed by atoms with van der Waals surface area (Å²) in [6, 6.07) is 1.21. The molecule has 2 saturated heterocycles. The Labute approximate surface area is 180 Å². The van der Waals surface area contributed by atoms with E-state index in [0.717, 1.165) is 37.4 Å². The number of hydrogen-bond donors (Lipinski definition) is 1. The summed E-state index contributed by atoms with van der Waals surface area (Å²) >= 11 is 4.42. The number of ether oxygens (including phenoxy) is 1. The molecule has 3 rings (SSSR count). The Balaban J connectivity index is 1.46. The predicted octanol–water partition coefficient (Wildman–Crippen LogP) is 4.19. The SMILES string of the molecule is C=C/C=C(\S)CN1CCC(C(=O)N2CCC(Oc3c(F)cc(F)cc3F)CC2)CC1. The Morgan fingerprint density at radius 2 is 1.70 bits per heavy atom. The Morgan fingerprint density at radius 3 is 2.27 bits per heavy atom. The smallest absolute Gasteiger partial charge is 0.225 e. The molecule has 2 aliphatic rings. The molecule has 2 fully saturated rings. The Morgan fingerprint density at radius 1 is 1.10 bits per heavy atom. The Hall–Kier alpha value is -1.93. The second-order valence-electron chi connectivity index (χ2n) is 7.79. The molecule has 2 aliphatic heterocycles.